The number of methoxy groups -OCH3 is 1. The van der Waals surface area contributed by atoms with Gasteiger partial charge in [-0.25, -0.2) is 4.68 Å². The summed E-state index contributed by atoms with van der Waals surface area (Å²) in [6.07, 6.45) is 1.98. The van der Waals surface area contributed by atoms with E-state index in [1.165, 1.54) is 30.6 Å². The van der Waals surface area contributed by atoms with Crippen molar-refractivity contribution in [1.82, 2.24) is 14.8 Å². The van der Waals surface area contributed by atoms with E-state index in [1.807, 2.05) is 55.5 Å². The lowest BCUT2D eigenvalue weighted by Gasteiger charge is -2.39. The van der Waals surface area contributed by atoms with E-state index in [0.29, 0.717) is 17.9 Å². The van der Waals surface area contributed by atoms with Crippen LogP contribution < -0.4 is 9.64 Å². The fourth-order valence-electron chi connectivity index (χ4n) is 4.56. The van der Waals surface area contributed by atoms with Gasteiger partial charge in [0.05, 0.1) is 24.1 Å². The summed E-state index contributed by atoms with van der Waals surface area (Å²) in [7, 11) is 1.63. The van der Waals surface area contributed by atoms with Gasteiger partial charge in [-0.3, -0.25) is 19.8 Å². The monoisotopic (exact) mass is 469 g/mol. The predicted octanol–water partition coefficient (Wildman–Crippen LogP) is 4.88. The summed E-state index contributed by atoms with van der Waals surface area (Å²) in [5.74, 6) is 0.830. The van der Waals surface area contributed by atoms with Crippen LogP contribution in [0.2, 0.25) is 0 Å². The molecule has 0 aliphatic carbocycles. The summed E-state index contributed by atoms with van der Waals surface area (Å²) in [5.41, 5.74) is 3.27. The lowest BCUT2D eigenvalue weighted by atomic mass is 9.90. The molecule has 1 aliphatic rings. The number of amides is 1. The summed E-state index contributed by atoms with van der Waals surface area (Å²) in [5, 5.41) is 15.5. The van der Waals surface area contributed by atoms with E-state index in [2.05, 4.69) is 10.1 Å². The third-order valence-corrected chi connectivity index (χ3v) is 6.33. The third kappa shape index (κ3) is 4.01. The third-order valence-electron chi connectivity index (χ3n) is 6.33. The lowest BCUT2D eigenvalue weighted by Crippen LogP contribution is -2.42. The number of ether oxygens (including phenoxy) is 1. The van der Waals surface area contributed by atoms with Gasteiger partial charge in [-0.05, 0) is 37.1 Å². The Morgan fingerprint density at radius 3 is 2.43 bits per heavy atom. The number of aromatic nitrogens is 3. The van der Waals surface area contributed by atoms with Crippen LogP contribution in [0.5, 0.6) is 5.75 Å². The van der Waals surface area contributed by atoms with Gasteiger partial charge in [-0.15, -0.1) is 0 Å². The topological polar surface area (TPSA) is 103 Å². The average Bonchev–Trinajstić information content (AvgIpc) is 3.38. The van der Waals surface area contributed by atoms with Gasteiger partial charge in [0.15, 0.2) is 0 Å². The molecule has 2 heterocycles. The number of carbonyl (C=O) groups is 1. The molecule has 1 aliphatic heterocycles. The number of hydrogen-bond donors (Lipinski definition) is 0. The van der Waals surface area contributed by atoms with Gasteiger partial charge in [0, 0.05) is 23.3 Å². The molecule has 1 aromatic heterocycles. The number of nitrogens with zero attached hydrogens (tertiary/aromatic N) is 5. The van der Waals surface area contributed by atoms with Crippen LogP contribution in [0.15, 0.2) is 79.1 Å². The van der Waals surface area contributed by atoms with Gasteiger partial charge >= 0.3 is 0 Å². The van der Waals surface area contributed by atoms with Crippen molar-refractivity contribution in [3.63, 3.8) is 0 Å². The fraction of sp³-hybridized carbons (Fsp3) is 0.192. The molecule has 1 amide bonds. The Kier molecular flexibility index (Phi) is 5.74. The molecule has 9 heteroatoms. The van der Waals surface area contributed by atoms with Crippen LogP contribution in [0.3, 0.4) is 0 Å². The number of benzene rings is 3. The molecule has 0 N–H and O–H groups in total. The molecule has 0 spiro atoms. The van der Waals surface area contributed by atoms with Crippen molar-refractivity contribution in [3.8, 4) is 5.75 Å². The highest BCUT2D eigenvalue weighted by Gasteiger charge is 2.40. The zero-order chi connectivity index (χ0) is 24.5. The molecule has 4 aromatic rings. The molecule has 0 radical (unpaired) electrons. The number of rotatable bonds is 5. The SMILES string of the molecule is COc1ccccc1[C@H]1C[C@H](c2ccc(C)cc2)N(C(=O)c2ccc([N+](=O)[O-])cc2)c2ncnn21. The van der Waals surface area contributed by atoms with Gasteiger partial charge < -0.3 is 4.74 Å². The van der Waals surface area contributed by atoms with Crippen LogP contribution in [0.25, 0.3) is 0 Å². The maximum atomic E-state index is 13.8. The van der Waals surface area contributed by atoms with Crippen molar-refractivity contribution in [2.75, 3.05) is 12.0 Å². The number of para-hydroxylation sites is 1. The van der Waals surface area contributed by atoms with E-state index < -0.39 is 4.92 Å². The zero-order valence-corrected chi connectivity index (χ0v) is 19.2. The van der Waals surface area contributed by atoms with Gasteiger partial charge in [-0.1, -0.05) is 48.0 Å². The summed E-state index contributed by atoms with van der Waals surface area (Å²) < 4.78 is 7.37. The fourth-order valence-corrected chi connectivity index (χ4v) is 4.56. The zero-order valence-electron chi connectivity index (χ0n) is 19.2. The van der Waals surface area contributed by atoms with Crippen molar-refractivity contribution in [3.05, 3.63) is 111 Å². The number of fused-ring (bicyclic) bond motifs is 1. The standard InChI is InChI=1S/C26H23N5O4/c1-17-7-9-18(10-8-17)22-15-23(21-5-3-4-6-24(21)35-2)30-26(27-16-28-30)29(22)25(32)19-11-13-20(14-12-19)31(33)34/h3-14,16,22-23H,15H2,1-2H3/t22-,23-/m1/s1. The first kappa shape index (κ1) is 22.3. The van der Waals surface area contributed by atoms with E-state index in [-0.39, 0.29) is 23.7 Å². The Labute approximate surface area is 201 Å². The summed E-state index contributed by atoms with van der Waals surface area (Å²) in [6.45, 7) is 2.01. The van der Waals surface area contributed by atoms with Crippen molar-refractivity contribution in [2.45, 2.75) is 25.4 Å². The molecule has 0 saturated carbocycles. The van der Waals surface area contributed by atoms with Crippen LogP contribution in [0.4, 0.5) is 11.6 Å². The predicted molar refractivity (Wildman–Crippen MR) is 130 cm³/mol. The minimum atomic E-state index is -0.487. The number of non-ortho nitro benzene ring substituents is 1. The Hall–Kier alpha value is -4.53. The first-order chi connectivity index (χ1) is 17.0. The minimum Gasteiger partial charge on any atom is -0.496 e. The van der Waals surface area contributed by atoms with Crippen molar-refractivity contribution < 1.29 is 14.5 Å². The van der Waals surface area contributed by atoms with E-state index in [1.54, 1.807) is 16.7 Å². The highest BCUT2D eigenvalue weighted by Crippen LogP contribution is 2.44. The lowest BCUT2D eigenvalue weighted by molar-refractivity contribution is -0.384. The highest BCUT2D eigenvalue weighted by atomic mass is 16.6. The highest BCUT2D eigenvalue weighted by molar-refractivity contribution is 6.06. The van der Waals surface area contributed by atoms with Crippen LogP contribution in [-0.4, -0.2) is 32.7 Å². The smallest absolute Gasteiger partial charge is 0.269 e. The van der Waals surface area contributed by atoms with Gasteiger partial charge in [-0.2, -0.15) is 10.1 Å². The molecular formula is C26H23N5O4. The van der Waals surface area contributed by atoms with Gasteiger partial charge in [0.25, 0.3) is 11.6 Å². The summed E-state index contributed by atoms with van der Waals surface area (Å²) >= 11 is 0. The molecular weight excluding hydrogens is 446 g/mol. The molecule has 0 saturated heterocycles. The largest absolute Gasteiger partial charge is 0.496 e. The van der Waals surface area contributed by atoms with Gasteiger partial charge in [0.2, 0.25) is 5.95 Å². The molecule has 9 nitrogen and oxygen atoms in total. The van der Waals surface area contributed by atoms with Crippen LogP contribution in [0.1, 0.15) is 45.6 Å². The number of nitro groups is 1. The number of anilines is 1. The molecule has 0 bridgehead atoms. The van der Waals surface area contributed by atoms with Crippen molar-refractivity contribution in [2.24, 2.45) is 0 Å². The molecule has 5 rings (SSSR count). The second kappa shape index (κ2) is 9.02. The summed E-state index contributed by atoms with van der Waals surface area (Å²) in [4.78, 5) is 30.5. The average molecular weight is 470 g/mol. The van der Waals surface area contributed by atoms with Crippen LogP contribution >= 0.6 is 0 Å². The molecule has 0 fully saturated rings. The van der Waals surface area contributed by atoms with Crippen molar-refractivity contribution >= 4 is 17.5 Å². The number of carbonyl (C=O) groups excluding carboxylic acids is 1. The second-order valence-electron chi connectivity index (χ2n) is 8.40. The van der Waals surface area contributed by atoms with Crippen molar-refractivity contribution in [1.29, 1.82) is 0 Å². The maximum Gasteiger partial charge on any atom is 0.269 e. The van der Waals surface area contributed by atoms with E-state index in [4.69, 9.17) is 4.74 Å². The van der Waals surface area contributed by atoms with Crippen LogP contribution in [-0.2, 0) is 0 Å². The number of nitro benzene ring substituents is 1. The van der Waals surface area contributed by atoms with Gasteiger partial charge in [0.1, 0.15) is 12.1 Å². The number of hydrogen-bond acceptors (Lipinski definition) is 6. The van der Waals surface area contributed by atoms with E-state index in [9.17, 15) is 14.9 Å². The molecule has 0 unspecified atom stereocenters. The molecule has 176 valence electrons. The first-order valence-corrected chi connectivity index (χ1v) is 11.1. The Balaban J connectivity index is 1.64. The van der Waals surface area contributed by atoms with E-state index in [0.717, 1.165) is 22.4 Å². The second-order valence-corrected chi connectivity index (χ2v) is 8.40. The molecule has 2 atom stereocenters. The Morgan fingerprint density at radius 2 is 1.74 bits per heavy atom. The number of aryl methyl sites for hydroxylation is 1. The Morgan fingerprint density at radius 1 is 1.03 bits per heavy atom. The normalized spacial score (nSPS) is 17.0. The van der Waals surface area contributed by atoms with Crippen LogP contribution in [0, 0.1) is 17.0 Å². The molecule has 3 aromatic carbocycles. The quantitative estimate of drug-likeness (QED) is 0.305. The maximum absolute atomic E-state index is 13.8. The molecule has 35 heavy (non-hydrogen) atoms. The summed E-state index contributed by atoms with van der Waals surface area (Å²) in [6, 6.07) is 20.9. The minimum absolute atomic E-state index is 0.0744. The van der Waals surface area contributed by atoms with E-state index >= 15 is 0 Å². The Bertz CT molecular complexity index is 1380. The first-order valence-electron chi connectivity index (χ1n) is 11.1.